The van der Waals surface area contributed by atoms with Crippen LogP contribution < -0.4 is 10.9 Å². The van der Waals surface area contributed by atoms with Crippen molar-refractivity contribution in [3.05, 3.63) is 57.4 Å². The Labute approximate surface area is 226 Å². The molecule has 2 aromatic heterocycles. The minimum absolute atomic E-state index is 0.0650. The van der Waals surface area contributed by atoms with Gasteiger partial charge < -0.3 is 24.5 Å². The fraction of sp³-hybridized carbons (Fsp3) is 0.393. The SMILES string of the molecule is CCC1(OC(=O)NC)C(=O)OC([Si](C)(C)CCCC#N)c2c1cc1n(c2=O)Cc2cc3cc(O)ccc3nc2-1. The van der Waals surface area contributed by atoms with Crippen LogP contribution in [0.3, 0.4) is 0 Å². The number of phenols is 1. The highest BCUT2D eigenvalue weighted by Gasteiger charge is 2.56. The first-order valence-corrected chi connectivity index (χ1v) is 16.2. The number of aromatic hydroxyl groups is 1. The number of cyclic esters (lactones) is 1. The summed E-state index contributed by atoms with van der Waals surface area (Å²) in [5, 5.41) is 22.1. The Morgan fingerprint density at radius 2 is 2.10 bits per heavy atom. The molecule has 5 rings (SSSR count). The number of carbonyl (C=O) groups excluding carboxylic acids is 2. The van der Waals surface area contributed by atoms with Gasteiger partial charge in [0, 0.05) is 30.0 Å². The molecule has 0 bridgehead atoms. The fourth-order valence-electron chi connectivity index (χ4n) is 5.71. The number of nitrogens with zero attached hydrogens (tertiary/aromatic N) is 3. The number of aromatic nitrogens is 2. The van der Waals surface area contributed by atoms with Crippen LogP contribution in [-0.2, 0) is 26.4 Å². The third-order valence-electron chi connectivity index (χ3n) is 7.83. The molecule has 2 N–H and O–H groups in total. The van der Waals surface area contributed by atoms with Gasteiger partial charge in [0.05, 0.1) is 35.1 Å². The molecule has 2 aliphatic heterocycles. The van der Waals surface area contributed by atoms with Gasteiger partial charge in [-0.05, 0) is 43.2 Å². The Hall–Kier alpha value is -4.17. The molecule has 0 radical (unpaired) electrons. The Kier molecular flexibility index (Phi) is 6.46. The third kappa shape index (κ3) is 4.15. The summed E-state index contributed by atoms with van der Waals surface area (Å²) in [7, 11) is -1.05. The molecule has 1 aromatic carbocycles. The van der Waals surface area contributed by atoms with Gasteiger partial charge in [0.15, 0.2) is 0 Å². The van der Waals surface area contributed by atoms with Crippen LogP contribution in [0.5, 0.6) is 5.75 Å². The van der Waals surface area contributed by atoms with E-state index in [1.54, 1.807) is 35.8 Å². The highest BCUT2D eigenvalue weighted by molar-refractivity contribution is 6.78. The maximum absolute atomic E-state index is 14.3. The lowest BCUT2D eigenvalue weighted by Gasteiger charge is -2.43. The van der Waals surface area contributed by atoms with Crippen molar-refractivity contribution >= 4 is 31.0 Å². The molecule has 0 fully saturated rings. The van der Waals surface area contributed by atoms with Gasteiger partial charge in [-0.1, -0.05) is 26.1 Å². The largest absolute Gasteiger partial charge is 0.508 e. The topological polar surface area (TPSA) is 144 Å². The summed E-state index contributed by atoms with van der Waals surface area (Å²) >= 11 is 0. The molecule has 0 saturated heterocycles. The summed E-state index contributed by atoms with van der Waals surface area (Å²) in [6.45, 7) is 6.05. The van der Waals surface area contributed by atoms with E-state index in [1.807, 2.05) is 19.2 Å². The molecular formula is C28H30N4O6Si. The van der Waals surface area contributed by atoms with Crippen LogP contribution in [-0.4, -0.2) is 41.8 Å². The smallest absolute Gasteiger partial charge is 0.408 e. The van der Waals surface area contributed by atoms with Crippen LogP contribution in [0.1, 0.15) is 48.6 Å². The van der Waals surface area contributed by atoms with Crippen LogP contribution in [0.25, 0.3) is 22.3 Å². The van der Waals surface area contributed by atoms with Crippen molar-refractivity contribution < 1.29 is 24.2 Å². The minimum atomic E-state index is -2.45. The first-order valence-electron chi connectivity index (χ1n) is 13.0. The average Bonchev–Trinajstić information content (AvgIpc) is 3.26. The monoisotopic (exact) mass is 546 g/mol. The van der Waals surface area contributed by atoms with Crippen molar-refractivity contribution in [1.29, 1.82) is 5.26 Å². The predicted molar refractivity (Wildman–Crippen MR) is 146 cm³/mol. The van der Waals surface area contributed by atoms with Gasteiger partial charge in [0.1, 0.15) is 19.6 Å². The molecule has 11 heteroatoms. The number of pyridine rings is 2. The van der Waals surface area contributed by atoms with Gasteiger partial charge in [-0.2, -0.15) is 5.26 Å². The molecule has 10 nitrogen and oxygen atoms in total. The second-order valence-corrected chi connectivity index (χ2v) is 15.7. The molecule has 1 amide bonds. The van der Waals surface area contributed by atoms with Crippen molar-refractivity contribution in [1.82, 2.24) is 14.9 Å². The lowest BCUT2D eigenvalue weighted by atomic mass is 9.85. The second-order valence-electron chi connectivity index (χ2n) is 10.7. The number of phenolic OH excluding ortho intramolecular Hbond substituents is 1. The molecule has 0 saturated carbocycles. The lowest BCUT2D eigenvalue weighted by Crippen LogP contribution is -2.54. The van der Waals surface area contributed by atoms with Gasteiger partial charge in [-0.3, -0.25) is 4.79 Å². The van der Waals surface area contributed by atoms with E-state index in [4.69, 9.17) is 19.7 Å². The zero-order valence-corrected chi connectivity index (χ0v) is 23.3. The standard InChI is InChI=1S/C28H30N4O6Si/c1-5-28(38-27(36)30-2)19-14-21-23-17(12-16-13-18(33)8-9-20(16)31-23)15-32(21)24(34)22(19)25(37-26(28)35)39(3,4)11-7-6-10-29/h8-9,12-14,25,33H,5-7,11,15H2,1-4H3,(H,30,36). The quantitative estimate of drug-likeness (QED) is 0.208. The Balaban J connectivity index is 1.76. The van der Waals surface area contributed by atoms with Crippen LogP contribution in [0.4, 0.5) is 4.79 Å². The predicted octanol–water partition coefficient (Wildman–Crippen LogP) is 4.24. The van der Waals surface area contributed by atoms with E-state index in [-0.39, 0.29) is 24.3 Å². The zero-order chi connectivity index (χ0) is 28.1. The van der Waals surface area contributed by atoms with Crippen molar-refractivity contribution in [2.45, 2.75) is 63.2 Å². The van der Waals surface area contributed by atoms with Gasteiger partial charge in [0.2, 0.25) is 5.60 Å². The number of esters is 1. The summed E-state index contributed by atoms with van der Waals surface area (Å²) in [4.78, 5) is 45.2. The number of fused-ring (bicyclic) bond motifs is 5. The number of hydrogen-bond acceptors (Lipinski definition) is 8. The molecule has 2 unspecified atom stereocenters. The maximum atomic E-state index is 14.3. The number of nitrogens with one attached hydrogen (secondary N) is 1. The minimum Gasteiger partial charge on any atom is -0.508 e. The Morgan fingerprint density at radius 1 is 1.33 bits per heavy atom. The van der Waals surface area contributed by atoms with Crippen LogP contribution >= 0.6 is 0 Å². The van der Waals surface area contributed by atoms with Gasteiger partial charge in [0.25, 0.3) is 5.56 Å². The van der Waals surface area contributed by atoms with Crippen molar-refractivity contribution in [3.63, 3.8) is 0 Å². The van der Waals surface area contributed by atoms with Crippen LogP contribution in [0.15, 0.2) is 35.1 Å². The summed E-state index contributed by atoms with van der Waals surface area (Å²) in [6.07, 6.45) is 0.257. The van der Waals surface area contributed by atoms with Crippen molar-refractivity contribution in [2.24, 2.45) is 0 Å². The number of rotatable bonds is 6. The zero-order valence-electron chi connectivity index (χ0n) is 22.3. The molecule has 202 valence electrons. The molecule has 0 spiro atoms. The summed E-state index contributed by atoms with van der Waals surface area (Å²) in [5.74, 6) is -0.593. The van der Waals surface area contributed by atoms with E-state index in [0.717, 1.165) is 10.9 Å². The molecular weight excluding hydrogens is 516 g/mol. The van der Waals surface area contributed by atoms with E-state index in [0.29, 0.717) is 46.9 Å². The molecule has 2 atom stereocenters. The van der Waals surface area contributed by atoms with E-state index in [9.17, 15) is 19.5 Å². The van der Waals surface area contributed by atoms with E-state index in [2.05, 4.69) is 11.4 Å². The number of amides is 1. The maximum Gasteiger partial charge on any atom is 0.408 e. The Bertz CT molecular complexity index is 1630. The second kappa shape index (κ2) is 9.54. The van der Waals surface area contributed by atoms with Crippen molar-refractivity contribution in [3.8, 4) is 23.2 Å². The number of hydrogen-bond donors (Lipinski definition) is 2. The number of unbranched alkanes of at least 4 members (excludes halogenated alkanes) is 1. The summed E-state index contributed by atoms with van der Waals surface area (Å²) in [6, 6.07) is 11.4. The third-order valence-corrected chi connectivity index (χ3v) is 11.3. The average molecular weight is 547 g/mol. The van der Waals surface area contributed by atoms with Gasteiger partial charge >= 0.3 is 12.1 Å². The van der Waals surface area contributed by atoms with E-state index in [1.165, 1.54) is 7.05 Å². The molecule has 39 heavy (non-hydrogen) atoms. The fourth-order valence-corrected chi connectivity index (χ4v) is 8.55. The molecule has 4 heterocycles. The first kappa shape index (κ1) is 26.4. The number of carbonyl (C=O) groups is 2. The van der Waals surface area contributed by atoms with E-state index < -0.39 is 31.5 Å². The summed E-state index contributed by atoms with van der Waals surface area (Å²) in [5.41, 5.74) is 0.337. The Morgan fingerprint density at radius 3 is 2.79 bits per heavy atom. The number of ether oxygens (including phenoxy) is 2. The first-order chi connectivity index (χ1) is 18.6. The summed E-state index contributed by atoms with van der Waals surface area (Å²) < 4.78 is 13.4. The highest BCUT2D eigenvalue weighted by Crippen LogP contribution is 2.47. The highest BCUT2D eigenvalue weighted by atomic mass is 28.3. The van der Waals surface area contributed by atoms with Gasteiger partial charge in [-0.25, -0.2) is 14.6 Å². The van der Waals surface area contributed by atoms with Gasteiger partial charge in [-0.15, -0.1) is 0 Å². The van der Waals surface area contributed by atoms with Crippen molar-refractivity contribution in [2.75, 3.05) is 7.05 Å². The number of nitriles is 1. The molecule has 2 aliphatic rings. The molecule has 3 aromatic rings. The van der Waals surface area contributed by atoms with E-state index >= 15 is 0 Å². The van der Waals surface area contributed by atoms with Crippen LogP contribution in [0.2, 0.25) is 19.1 Å². The number of alkyl carbamates (subject to hydrolysis) is 1. The normalized spacial score (nSPS) is 19.5. The lowest BCUT2D eigenvalue weighted by molar-refractivity contribution is -0.174. The van der Waals surface area contributed by atoms with Crippen LogP contribution in [0, 0.1) is 11.3 Å². The molecule has 0 aliphatic carbocycles. The number of benzene rings is 1.